The summed E-state index contributed by atoms with van der Waals surface area (Å²) in [6, 6.07) is 8.64. The molecule has 0 atom stereocenters. The zero-order valence-electron chi connectivity index (χ0n) is 15.2. The number of ether oxygens (including phenoxy) is 1. The van der Waals surface area contributed by atoms with Gasteiger partial charge < -0.3 is 14.8 Å². The minimum atomic E-state index is -1.05. The van der Waals surface area contributed by atoms with Gasteiger partial charge in [-0.05, 0) is 67.8 Å². The molecular weight excluding hydrogens is 581 g/mol. The van der Waals surface area contributed by atoms with Crippen LogP contribution in [0.4, 0.5) is 5.69 Å². The summed E-state index contributed by atoms with van der Waals surface area (Å²) < 4.78 is 7.13. The zero-order valence-corrected chi connectivity index (χ0v) is 19.9. The summed E-state index contributed by atoms with van der Waals surface area (Å²) in [7, 11) is 0. The highest BCUT2D eigenvalue weighted by atomic mass is 79.9. The van der Waals surface area contributed by atoms with Crippen molar-refractivity contribution in [3.63, 3.8) is 0 Å². The van der Waals surface area contributed by atoms with Crippen molar-refractivity contribution in [2.75, 3.05) is 0 Å². The van der Waals surface area contributed by atoms with Gasteiger partial charge in [0.25, 0.3) is 5.88 Å². The van der Waals surface area contributed by atoms with Crippen molar-refractivity contribution in [3.8, 4) is 11.6 Å². The van der Waals surface area contributed by atoms with Crippen molar-refractivity contribution in [2.45, 2.75) is 6.61 Å². The van der Waals surface area contributed by atoms with Crippen molar-refractivity contribution in [3.05, 3.63) is 86.7 Å². The highest BCUT2D eigenvalue weighted by molar-refractivity contribution is 9.11. The van der Waals surface area contributed by atoms with E-state index >= 15 is 0 Å². The van der Waals surface area contributed by atoms with E-state index < -0.39 is 22.0 Å². The van der Waals surface area contributed by atoms with E-state index in [1.807, 2.05) is 0 Å². The van der Waals surface area contributed by atoms with Crippen LogP contribution in [-0.2, 0) is 6.61 Å². The molecule has 3 aromatic rings. The van der Waals surface area contributed by atoms with E-state index in [4.69, 9.17) is 27.9 Å². The Balaban J connectivity index is 1.80. The number of aromatic amines is 1. The van der Waals surface area contributed by atoms with E-state index in [0.29, 0.717) is 30.3 Å². The number of nitrogens with one attached hydrogen (secondary N) is 1. The van der Waals surface area contributed by atoms with Crippen LogP contribution in [0, 0.1) is 10.1 Å². The first-order valence-corrected chi connectivity index (χ1v) is 10.7. The number of aromatic hydroxyl groups is 1. The molecule has 0 unspecified atom stereocenters. The maximum Gasteiger partial charge on any atom is 0.395 e. The Labute approximate surface area is 201 Å². The summed E-state index contributed by atoms with van der Waals surface area (Å²) in [5.41, 5.74) is -0.605. The van der Waals surface area contributed by atoms with Crippen molar-refractivity contribution < 1.29 is 14.8 Å². The number of hydrogen-bond acceptors (Lipinski definition) is 6. The van der Waals surface area contributed by atoms with E-state index in [2.05, 4.69) is 41.8 Å². The SMILES string of the molecule is O=c1[nH]c(/C=C\c2cc(Br)c(OCc3ccc(Cl)cc3Cl)c(Br)c2)nc(O)c1[N+](=O)[O-]. The quantitative estimate of drug-likeness (QED) is 0.269. The van der Waals surface area contributed by atoms with E-state index in [9.17, 15) is 20.0 Å². The molecule has 0 amide bonds. The largest absolute Gasteiger partial charge is 0.488 e. The molecule has 0 aliphatic carbocycles. The van der Waals surface area contributed by atoms with E-state index in [0.717, 1.165) is 5.56 Å². The molecule has 0 fully saturated rings. The average molecular weight is 592 g/mol. The van der Waals surface area contributed by atoms with Crippen LogP contribution in [-0.4, -0.2) is 20.0 Å². The summed E-state index contributed by atoms with van der Waals surface area (Å²) in [5, 5.41) is 21.4. The first kappa shape index (κ1) is 23.3. The maximum absolute atomic E-state index is 11.7. The fourth-order valence-corrected chi connectivity index (χ4v) is 4.41. The highest BCUT2D eigenvalue weighted by Crippen LogP contribution is 2.36. The standard InChI is InChI=1S/C19H11Br2Cl2N3O5/c20-12-5-9(1-4-15-24-18(27)16(26(29)30)19(28)25-15)6-13(21)17(12)31-8-10-2-3-11(22)7-14(10)23/h1-7H,8H2,(H2,24,25,27,28)/b4-1-. The molecule has 31 heavy (non-hydrogen) atoms. The summed E-state index contributed by atoms with van der Waals surface area (Å²) in [4.78, 5) is 27.3. The molecule has 0 radical (unpaired) electrons. The van der Waals surface area contributed by atoms with Crippen molar-refractivity contribution in [1.82, 2.24) is 9.97 Å². The van der Waals surface area contributed by atoms with E-state index in [-0.39, 0.29) is 12.4 Å². The van der Waals surface area contributed by atoms with Gasteiger partial charge in [-0.25, -0.2) is 0 Å². The molecule has 0 spiro atoms. The normalized spacial score (nSPS) is 11.1. The highest BCUT2D eigenvalue weighted by Gasteiger charge is 2.21. The van der Waals surface area contributed by atoms with Crippen LogP contribution in [0.5, 0.6) is 11.6 Å². The second-order valence-electron chi connectivity index (χ2n) is 6.05. The van der Waals surface area contributed by atoms with Gasteiger partial charge >= 0.3 is 11.2 Å². The van der Waals surface area contributed by atoms with Gasteiger partial charge in [0.15, 0.2) is 0 Å². The van der Waals surface area contributed by atoms with Crippen LogP contribution in [0.2, 0.25) is 10.0 Å². The Bertz CT molecular complexity index is 1240. The molecule has 1 aromatic heterocycles. The molecule has 12 heteroatoms. The van der Waals surface area contributed by atoms with E-state index in [1.165, 1.54) is 6.08 Å². The summed E-state index contributed by atoms with van der Waals surface area (Å²) in [6.45, 7) is 0.218. The van der Waals surface area contributed by atoms with Crippen LogP contribution in [0.1, 0.15) is 17.0 Å². The monoisotopic (exact) mass is 589 g/mol. The fourth-order valence-electron chi connectivity index (χ4n) is 2.49. The van der Waals surface area contributed by atoms with Crippen LogP contribution >= 0.6 is 55.1 Å². The minimum absolute atomic E-state index is 0.0435. The molecule has 2 aromatic carbocycles. The molecule has 0 aliphatic rings. The maximum atomic E-state index is 11.7. The van der Waals surface area contributed by atoms with Gasteiger partial charge in [0, 0.05) is 15.6 Å². The number of rotatable bonds is 6. The van der Waals surface area contributed by atoms with Gasteiger partial charge in [-0.1, -0.05) is 35.3 Å². The van der Waals surface area contributed by atoms with Crippen molar-refractivity contribution >= 4 is 72.9 Å². The lowest BCUT2D eigenvalue weighted by molar-refractivity contribution is -0.387. The second kappa shape index (κ2) is 9.82. The third kappa shape index (κ3) is 5.65. The number of aromatic nitrogens is 2. The lowest BCUT2D eigenvalue weighted by atomic mass is 10.2. The Morgan fingerprint density at radius 1 is 1.19 bits per heavy atom. The predicted molar refractivity (Wildman–Crippen MR) is 125 cm³/mol. The van der Waals surface area contributed by atoms with Gasteiger partial charge in [0.1, 0.15) is 18.2 Å². The van der Waals surface area contributed by atoms with Crippen LogP contribution in [0.25, 0.3) is 12.2 Å². The van der Waals surface area contributed by atoms with Gasteiger partial charge in [-0.15, -0.1) is 0 Å². The average Bonchev–Trinajstić information content (AvgIpc) is 2.66. The molecule has 0 saturated carbocycles. The van der Waals surface area contributed by atoms with E-state index in [1.54, 1.807) is 36.4 Å². The molecular formula is C19H11Br2Cl2N3O5. The third-order valence-corrected chi connectivity index (χ3v) is 5.68. The second-order valence-corrected chi connectivity index (χ2v) is 8.60. The smallest absolute Gasteiger partial charge is 0.395 e. The molecule has 0 saturated heterocycles. The Morgan fingerprint density at radius 2 is 1.87 bits per heavy atom. The van der Waals surface area contributed by atoms with Gasteiger partial charge in [-0.2, -0.15) is 4.98 Å². The van der Waals surface area contributed by atoms with Crippen molar-refractivity contribution in [2.24, 2.45) is 0 Å². The third-order valence-electron chi connectivity index (χ3n) is 3.92. The lowest BCUT2D eigenvalue weighted by Gasteiger charge is -2.12. The van der Waals surface area contributed by atoms with Gasteiger partial charge in [0.05, 0.1) is 13.9 Å². The zero-order chi connectivity index (χ0) is 22.7. The van der Waals surface area contributed by atoms with Crippen LogP contribution in [0.15, 0.2) is 44.1 Å². The fraction of sp³-hybridized carbons (Fsp3) is 0.0526. The molecule has 8 nitrogen and oxygen atoms in total. The Morgan fingerprint density at radius 3 is 2.45 bits per heavy atom. The van der Waals surface area contributed by atoms with Crippen LogP contribution < -0.4 is 10.3 Å². The van der Waals surface area contributed by atoms with Gasteiger partial charge in [0.2, 0.25) is 0 Å². The Hall–Kier alpha value is -2.40. The molecule has 0 bridgehead atoms. The van der Waals surface area contributed by atoms with Crippen LogP contribution in [0.3, 0.4) is 0 Å². The molecule has 160 valence electrons. The first-order valence-electron chi connectivity index (χ1n) is 8.37. The van der Waals surface area contributed by atoms with Crippen molar-refractivity contribution in [1.29, 1.82) is 0 Å². The summed E-state index contributed by atoms with van der Waals surface area (Å²) in [6.07, 6.45) is 2.99. The van der Waals surface area contributed by atoms with Gasteiger partial charge in [-0.3, -0.25) is 14.9 Å². The topological polar surface area (TPSA) is 118 Å². The predicted octanol–water partition coefficient (Wildman–Crippen LogP) is 5.96. The Kier molecular flexibility index (Phi) is 7.37. The molecule has 0 aliphatic heterocycles. The summed E-state index contributed by atoms with van der Waals surface area (Å²) in [5.74, 6) is -0.457. The molecule has 3 rings (SSSR count). The summed E-state index contributed by atoms with van der Waals surface area (Å²) >= 11 is 19.0. The number of nitrogens with zero attached hydrogens (tertiary/aromatic N) is 2. The number of nitro groups is 1. The number of hydrogen-bond donors (Lipinski definition) is 2. The first-order chi connectivity index (χ1) is 14.7. The molecule has 2 N–H and O–H groups in total. The molecule has 1 heterocycles. The number of benzene rings is 2. The minimum Gasteiger partial charge on any atom is -0.488 e. The number of halogens is 4. The lowest BCUT2D eigenvalue weighted by Crippen LogP contribution is -2.14. The number of H-pyrrole nitrogens is 1.